The van der Waals surface area contributed by atoms with Gasteiger partial charge in [0.05, 0.1) is 4.70 Å². The summed E-state index contributed by atoms with van der Waals surface area (Å²) in [4.78, 5) is 2.34. The average molecular weight is 283 g/mol. The minimum absolute atomic E-state index is 0.447. The van der Waals surface area contributed by atoms with Crippen molar-refractivity contribution in [1.29, 1.82) is 0 Å². The molecule has 2 aromatic rings. The quantitative estimate of drug-likeness (QED) is 0.920. The summed E-state index contributed by atoms with van der Waals surface area (Å²) in [5, 5.41) is 15.3. The number of fused-ring (bicyclic) bond motifs is 1. The Bertz CT molecular complexity index is 556. The van der Waals surface area contributed by atoms with Crippen molar-refractivity contribution in [3.05, 3.63) is 16.6 Å². The summed E-state index contributed by atoms with van der Waals surface area (Å²) in [7, 11) is 2.15. The molecule has 0 saturated carbocycles. The number of nitrogens with one attached hydrogen (secondary N) is 1. The lowest BCUT2D eigenvalue weighted by Gasteiger charge is -2.30. The number of piperidine rings is 1. The number of likely N-dealkylation sites (N-methyl/N-ethyl adjacent to an activating group) is 1. The third-order valence-electron chi connectivity index (χ3n) is 3.31. The summed E-state index contributed by atoms with van der Waals surface area (Å²) in [6.45, 7) is 2.23. The Morgan fingerprint density at radius 3 is 3.22 bits per heavy atom. The summed E-state index contributed by atoms with van der Waals surface area (Å²) < 4.78 is 1.01. The summed E-state index contributed by atoms with van der Waals surface area (Å²) in [5.74, 6) is 0.857. The van der Waals surface area contributed by atoms with Crippen LogP contribution in [0.2, 0.25) is 5.15 Å². The summed E-state index contributed by atoms with van der Waals surface area (Å²) in [6, 6.07) is 2.50. The molecule has 1 saturated heterocycles. The van der Waals surface area contributed by atoms with E-state index in [4.69, 9.17) is 11.6 Å². The van der Waals surface area contributed by atoms with Crippen LogP contribution in [0.4, 0.5) is 5.82 Å². The van der Waals surface area contributed by atoms with Crippen LogP contribution in [-0.2, 0) is 0 Å². The highest BCUT2D eigenvalue weighted by atomic mass is 35.5. The van der Waals surface area contributed by atoms with Crippen molar-refractivity contribution in [3.63, 3.8) is 0 Å². The number of hydrogen-bond donors (Lipinski definition) is 1. The number of anilines is 1. The van der Waals surface area contributed by atoms with Crippen LogP contribution in [0.1, 0.15) is 12.8 Å². The van der Waals surface area contributed by atoms with Crippen LogP contribution in [0, 0.1) is 0 Å². The van der Waals surface area contributed by atoms with Gasteiger partial charge in [-0.3, -0.25) is 0 Å². The number of halogens is 1. The van der Waals surface area contributed by atoms with Gasteiger partial charge in [0.2, 0.25) is 0 Å². The normalized spacial score (nSPS) is 21.3. The number of nitrogens with zero attached hydrogens (tertiary/aromatic N) is 3. The molecule has 6 heteroatoms. The molecule has 0 aliphatic carbocycles. The Morgan fingerprint density at radius 2 is 2.39 bits per heavy atom. The first kappa shape index (κ1) is 12.1. The average Bonchev–Trinajstić information content (AvgIpc) is 2.83. The van der Waals surface area contributed by atoms with Crippen LogP contribution in [0.3, 0.4) is 0 Å². The molecular weight excluding hydrogens is 268 g/mol. The van der Waals surface area contributed by atoms with Crippen molar-refractivity contribution in [2.45, 2.75) is 18.9 Å². The van der Waals surface area contributed by atoms with E-state index in [1.165, 1.54) is 19.4 Å². The van der Waals surface area contributed by atoms with Crippen molar-refractivity contribution in [1.82, 2.24) is 15.1 Å². The lowest BCUT2D eigenvalue weighted by atomic mass is 10.1. The lowest BCUT2D eigenvalue weighted by molar-refractivity contribution is 0.261. The van der Waals surface area contributed by atoms with Gasteiger partial charge in [-0.15, -0.1) is 21.5 Å². The van der Waals surface area contributed by atoms with Crippen molar-refractivity contribution < 1.29 is 0 Å². The Morgan fingerprint density at radius 1 is 1.50 bits per heavy atom. The van der Waals surface area contributed by atoms with Gasteiger partial charge in [0, 0.05) is 18.0 Å². The fraction of sp³-hybridized carbons (Fsp3) is 0.500. The van der Waals surface area contributed by atoms with E-state index in [0.717, 1.165) is 22.4 Å². The van der Waals surface area contributed by atoms with Crippen LogP contribution in [-0.4, -0.2) is 41.3 Å². The summed E-state index contributed by atoms with van der Waals surface area (Å²) in [6.07, 6.45) is 2.41. The Labute approximate surface area is 115 Å². The van der Waals surface area contributed by atoms with E-state index >= 15 is 0 Å². The minimum Gasteiger partial charge on any atom is -0.364 e. The number of aromatic nitrogens is 2. The van der Waals surface area contributed by atoms with Gasteiger partial charge in [0.1, 0.15) is 0 Å². The van der Waals surface area contributed by atoms with Crippen LogP contribution < -0.4 is 5.32 Å². The van der Waals surface area contributed by atoms with Gasteiger partial charge < -0.3 is 10.2 Å². The fourth-order valence-electron chi connectivity index (χ4n) is 2.43. The van der Waals surface area contributed by atoms with Gasteiger partial charge >= 0.3 is 0 Å². The maximum absolute atomic E-state index is 6.04. The largest absolute Gasteiger partial charge is 0.364 e. The molecule has 0 amide bonds. The number of likely N-dealkylation sites (tertiary alicyclic amines) is 1. The second kappa shape index (κ2) is 4.99. The second-order valence-electron chi connectivity index (χ2n) is 4.75. The lowest BCUT2D eigenvalue weighted by Crippen LogP contribution is -2.39. The molecule has 2 aromatic heterocycles. The SMILES string of the molecule is CN1CCCC(Nc2nnc(Cl)c3sccc23)C1. The zero-order chi connectivity index (χ0) is 12.5. The highest BCUT2D eigenvalue weighted by Crippen LogP contribution is 2.31. The number of hydrogen-bond acceptors (Lipinski definition) is 5. The van der Waals surface area contributed by atoms with E-state index in [2.05, 4.69) is 33.5 Å². The molecule has 96 valence electrons. The van der Waals surface area contributed by atoms with Crippen LogP contribution in [0.15, 0.2) is 11.4 Å². The molecule has 1 fully saturated rings. The molecule has 0 radical (unpaired) electrons. The third-order valence-corrected chi connectivity index (χ3v) is 4.61. The molecule has 1 atom stereocenters. The topological polar surface area (TPSA) is 41.0 Å². The van der Waals surface area contributed by atoms with Crippen molar-refractivity contribution in [2.75, 3.05) is 25.5 Å². The summed E-state index contributed by atoms with van der Waals surface area (Å²) in [5.41, 5.74) is 0. The highest BCUT2D eigenvalue weighted by molar-refractivity contribution is 7.17. The standard InChI is InChI=1S/C12H15ClN4S/c1-17-5-2-3-8(7-17)14-12-9-4-6-18-10(9)11(13)15-16-12/h4,6,8H,2-3,5,7H2,1H3,(H,14,16). The molecule has 1 aliphatic rings. The van der Waals surface area contributed by atoms with Gasteiger partial charge in [-0.1, -0.05) is 11.6 Å². The zero-order valence-corrected chi connectivity index (χ0v) is 11.8. The van der Waals surface area contributed by atoms with E-state index in [1.54, 1.807) is 11.3 Å². The molecule has 1 unspecified atom stereocenters. The van der Waals surface area contributed by atoms with E-state index in [0.29, 0.717) is 11.2 Å². The molecule has 0 bridgehead atoms. The van der Waals surface area contributed by atoms with Gasteiger partial charge in [0.15, 0.2) is 11.0 Å². The molecule has 18 heavy (non-hydrogen) atoms. The minimum atomic E-state index is 0.447. The van der Waals surface area contributed by atoms with Crippen molar-refractivity contribution in [2.24, 2.45) is 0 Å². The first-order valence-electron chi connectivity index (χ1n) is 6.08. The second-order valence-corrected chi connectivity index (χ2v) is 6.02. The van der Waals surface area contributed by atoms with Gasteiger partial charge in [0.25, 0.3) is 0 Å². The predicted molar refractivity (Wildman–Crippen MR) is 76.6 cm³/mol. The predicted octanol–water partition coefficient (Wildman–Crippen LogP) is 2.85. The Balaban J connectivity index is 1.86. The zero-order valence-electron chi connectivity index (χ0n) is 10.2. The molecule has 0 aromatic carbocycles. The van der Waals surface area contributed by atoms with Crippen LogP contribution in [0.5, 0.6) is 0 Å². The number of rotatable bonds is 2. The van der Waals surface area contributed by atoms with E-state index in [1.807, 2.05) is 5.38 Å². The fourth-order valence-corrected chi connectivity index (χ4v) is 3.48. The molecule has 0 spiro atoms. The number of thiophene rings is 1. The first-order chi connectivity index (χ1) is 8.74. The van der Waals surface area contributed by atoms with E-state index < -0.39 is 0 Å². The van der Waals surface area contributed by atoms with Crippen molar-refractivity contribution in [3.8, 4) is 0 Å². The molecule has 3 heterocycles. The highest BCUT2D eigenvalue weighted by Gasteiger charge is 2.19. The van der Waals surface area contributed by atoms with E-state index in [-0.39, 0.29) is 0 Å². The van der Waals surface area contributed by atoms with Gasteiger partial charge in [-0.25, -0.2) is 0 Å². The maximum Gasteiger partial charge on any atom is 0.169 e. The molecule has 3 rings (SSSR count). The van der Waals surface area contributed by atoms with Crippen LogP contribution >= 0.6 is 22.9 Å². The third kappa shape index (κ3) is 2.30. The van der Waals surface area contributed by atoms with Gasteiger partial charge in [-0.05, 0) is 37.9 Å². The summed E-state index contributed by atoms with van der Waals surface area (Å²) >= 11 is 7.64. The molecular formula is C12H15ClN4S. The van der Waals surface area contributed by atoms with Crippen molar-refractivity contribution >= 4 is 38.8 Å². The van der Waals surface area contributed by atoms with Crippen LogP contribution in [0.25, 0.3) is 10.1 Å². The van der Waals surface area contributed by atoms with Gasteiger partial charge in [-0.2, -0.15) is 0 Å². The maximum atomic E-state index is 6.04. The Hall–Kier alpha value is -0.910. The Kier molecular flexibility index (Phi) is 3.37. The molecule has 1 aliphatic heterocycles. The first-order valence-corrected chi connectivity index (χ1v) is 7.34. The smallest absolute Gasteiger partial charge is 0.169 e. The monoisotopic (exact) mass is 282 g/mol. The van der Waals surface area contributed by atoms with E-state index in [9.17, 15) is 0 Å². The molecule has 1 N–H and O–H groups in total. The molecule has 4 nitrogen and oxygen atoms in total.